The molecule has 6 heteroatoms. The van der Waals surface area contributed by atoms with Crippen molar-refractivity contribution in [2.45, 2.75) is 19.6 Å². The Hall–Kier alpha value is -2.05. The van der Waals surface area contributed by atoms with E-state index in [2.05, 4.69) is 31.2 Å². The van der Waals surface area contributed by atoms with Crippen molar-refractivity contribution in [3.05, 3.63) is 47.3 Å². The maximum absolute atomic E-state index is 5.48. The van der Waals surface area contributed by atoms with Crippen LogP contribution in [0.2, 0.25) is 0 Å². The van der Waals surface area contributed by atoms with Gasteiger partial charge < -0.3 is 10.1 Å². The average Bonchev–Trinajstić information content (AvgIpc) is 3.02. The highest BCUT2D eigenvalue weighted by Gasteiger charge is 2.11. The number of nitrogens with one attached hydrogen (secondary N) is 1. The Morgan fingerprint density at radius 1 is 1.29 bits per heavy atom. The van der Waals surface area contributed by atoms with Crippen LogP contribution in [0.5, 0.6) is 0 Å². The van der Waals surface area contributed by atoms with Crippen molar-refractivity contribution in [1.29, 1.82) is 0 Å². The normalized spacial score (nSPS) is 14.1. The lowest BCUT2D eigenvalue weighted by Gasteiger charge is -2.16. The molecule has 21 heavy (non-hydrogen) atoms. The van der Waals surface area contributed by atoms with Crippen LogP contribution in [0.25, 0.3) is 11.0 Å². The Morgan fingerprint density at radius 2 is 2.29 bits per heavy atom. The molecule has 0 fully saturated rings. The van der Waals surface area contributed by atoms with Crippen LogP contribution in [0.3, 0.4) is 0 Å². The second-order valence-corrected chi connectivity index (χ2v) is 5.56. The number of anilines is 1. The zero-order valence-corrected chi connectivity index (χ0v) is 12.2. The summed E-state index contributed by atoms with van der Waals surface area (Å²) in [6.45, 7) is 2.14. The number of hydrogen-bond donors (Lipinski definition) is 1. The highest BCUT2D eigenvalue weighted by Crippen LogP contribution is 2.21. The molecule has 0 saturated carbocycles. The third-order valence-corrected chi connectivity index (χ3v) is 4.20. The van der Waals surface area contributed by atoms with Crippen LogP contribution in [0.15, 0.2) is 30.5 Å². The molecule has 106 valence electrons. The number of pyridine rings is 1. The molecule has 5 nitrogen and oxygen atoms in total. The Kier molecular flexibility index (Phi) is 3.25. The Balaban J connectivity index is 1.55. The third-order valence-electron chi connectivity index (χ3n) is 3.65. The van der Waals surface area contributed by atoms with Crippen LogP contribution in [-0.4, -0.2) is 20.3 Å². The first-order valence-electron chi connectivity index (χ1n) is 6.90. The van der Waals surface area contributed by atoms with Crippen molar-refractivity contribution in [3.8, 4) is 0 Å². The summed E-state index contributed by atoms with van der Waals surface area (Å²) in [7, 11) is 0. The monoisotopic (exact) mass is 298 g/mol. The Morgan fingerprint density at radius 3 is 3.29 bits per heavy atom. The summed E-state index contributed by atoms with van der Waals surface area (Å²) >= 11 is 1.25. The highest BCUT2D eigenvalue weighted by atomic mass is 32.1. The molecular formula is C15H14N4OS. The minimum atomic E-state index is 0.656. The molecule has 1 aliphatic rings. The van der Waals surface area contributed by atoms with Crippen LogP contribution in [0.4, 0.5) is 5.69 Å². The lowest BCUT2D eigenvalue weighted by atomic mass is 10.1. The second kappa shape index (κ2) is 5.38. The maximum atomic E-state index is 5.48. The molecule has 4 rings (SSSR count). The van der Waals surface area contributed by atoms with E-state index in [1.54, 1.807) is 0 Å². The van der Waals surface area contributed by atoms with E-state index in [9.17, 15) is 0 Å². The predicted octanol–water partition coefficient (Wildman–Crippen LogP) is 2.77. The first-order valence-corrected chi connectivity index (χ1v) is 7.63. The molecule has 0 saturated heterocycles. The van der Waals surface area contributed by atoms with Crippen LogP contribution >= 0.6 is 11.7 Å². The second-order valence-electron chi connectivity index (χ2n) is 5.04. The van der Waals surface area contributed by atoms with Gasteiger partial charge in [0.2, 0.25) is 0 Å². The van der Waals surface area contributed by atoms with Crippen LogP contribution < -0.4 is 5.32 Å². The smallest absolute Gasteiger partial charge is 0.109 e. The molecule has 0 amide bonds. The summed E-state index contributed by atoms with van der Waals surface area (Å²) < 4.78 is 14.1. The third kappa shape index (κ3) is 2.48. The van der Waals surface area contributed by atoms with Crippen molar-refractivity contribution in [2.24, 2.45) is 0 Å². The summed E-state index contributed by atoms with van der Waals surface area (Å²) in [6, 6.07) is 8.20. The molecule has 0 unspecified atom stereocenters. The molecule has 1 aromatic carbocycles. The molecule has 0 atom stereocenters. The zero-order valence-electron chi connectivity index (χ0n) is 11.4. The minimum absolute atomic E-state index is 0.656. The summed E-state index contributed by atoms with van der Waals surface area (Å²) in [4.78, 5) is 4.52. The number of benzene rings is 1. The minimum Gasteiger partial charge on any atom is -0.380 e. The van der Waals surface area contributed by atoms with Crippen molar-refractivity contribution >= 4 is 28.4 Å². The highest BCUT2D eigenvalue weighted by molar-refractivity contribution is 7.00. The molecule has 1 aliphatic heterocycles. The molecule has 3 heterocycles. The van der Waals surface area contributed by atoms with E-state index >= 15 is 0 Å². The number of nitrogens with zero attached hydrogens (tertiary/aromatic N) is 3. The molecule has 0 bridgehead atoms. The van der Waals surface area contributed by atoms with E-state index in [1.807, 2.05) is 18.3 Å². The standard InChI is InChI=1S/C15H14N4OS/c1-2-10(15-14(3-1)18-21-19-15)7-16-12-6-11-9-20-5-4-13(11)17-8-12/h1-3,6,8,16H,4-5,7,9H2. The summed E-state index contributed by atoms with van der Waals surface area (Å²) in [5.41, 5.74) is 6.42. The lowest BCUT2D eigenvalue weighted by molar-refractivity contribution is 0.109. The van der Waals surface area contributed by atoms with Gasteiger partial charge in [-0.3, -0.25) is 4.98 Å². The van der Waals surface area contributed by atoms with Gasteiger partial charge in [-0.25, -0.2) is 0 Å². The van der Waals surface area contributed by atoms with Gasteiger partial charge >= 0.3 is 0 Å². The zero-order chi connectivity index (χ0) is 14.1. The lowest BCUT2D eigenvalue weighted by Crippen LogP contribution is -2.12. The van der Waals surface area contributed by atoms with Crippen molar-refractivity contribution in [2.75, 3.05) is 11.9 Å². The fourth-order valence-electron chi connectivity index (χ4n) is 2.54. The fourth-order valence-corrected chi connectivity index (χ4v) is 3.11. The van der Waals surface area contributed by atoms with E-state index < -0.39 is 0 Å². The van der Waals surface area contributed by atoms with Crippen molar-refractivity contribution in [3.63, 3.8) is 0 Å². The van der Waals surface area contributed by atoms with E-state index in [1.165, 1.54) is 17.3 Å². The number of hydrogen-bond acceptors (Lipinski definition) is 6. The topological polar surface area (TPSA) is 59.9 Å². The Labute approximate surface area is 126 Å². The molecular weight excluding hydrogens is 284 g/mol. The molecule has 3 aromatic rings. The first kappa shape index (κ1) is 12.7. The number of ether oxygens (including phenoxy) is 1. The summed E-state index contributed by atoms with van der Waals surface area (Å²) in [5.74, 6) is 0. The van der Waals surface area contributed by atoms with Gasteiger partial charge in [0.15, 0.2) is 0 Å². The predicted molar refractivity (Wildman–Crippen MR) is 82.3 cm³/mol. The van der Waals surface area contributed by atoms with E-state index in [0.29, 0.717) is 13.2 Å². The van der Waals surface area contributed by atoms with Gasteiger partial charge in [0.1, 0.15) is 11.0 Å². The molecule has 0 radical (unpaired) electrons. The maximum Gasteiger partial charge on any atom is 0.109 e. The SMILES string of the molecule is c1cc(CNc2cnc3c(c2)COCC3)c2nsnc2c1. The van der Waals surface area contributed by atoms with Gasteiger partial charge in [0.05, 0.1) is 36.8 Å². The fraction of sp³-hybridized carbons (Fsp3) is 0.267. The first-order chi connectivity index (χ1) is 10.4. The number of fused-ring (bicyclic) bond motifs is 2. The summed E-state index contributed by atoms with van der Waals surface area (Å²) in [5, 5.41) is 3.41. The van der Waals surface area contributed by atoms with Gasteiger partial charge in [0.25, 0.3) is 0 Å². The quantitative estimate of drug-likeness (QED) is 0.805. The van der Waals surface area contributed by atoms with Crippen LogP contribution in [0.1, 0.15) is 16.8 Å². The molecule has 0 spiro atoms. The van der Waals surface area contributed by atoms with Gasteiger partial charge in [0, 0.05) is 29.8 Å². The largest absolute Gasteiger partial charge is 0.380 e. The van der Waals surface area contributed by atoms with Gasteiger partial charge in [-0.05, 0) is 12.1 Å². The molecule has 1 N–H and O–H groups in total. The van der Waals surface area contributed by atoms with E-state index in [0.717, 1.165) is 41.0 Å². The average molecular weight is 298 g/mol. The van der Waals surface area contributed by atoms with Crippen molar-refractivity contribution < 1.29 is 4.74 Å². The summed E-state index contributed by atoms with van der Waals surface area (Å²) in [6.07, 6.45) is 2.79. The van der Waals surface area contributed by atoms with Gasteiger partial charge in [-0.2, -0.15) is 8.75 Å². The molecule has 2 aromatic heterocycles. The van der Waals surface area contributed by atoms with Crippen LogP contribution in [0, 0.1) is 0 Å². The van der Waals surface area contributed by atoms with Gasteiger partial charge in [-0.15, -0.1) is 0 Å². The molecule has 0 aliphatic carbocycles. The van der Waals surface area contributed by atoms with Crippen molar-refractivity contribution in [1.82, 2.24) is 13.7 Å². The van der Waals surface area contributed by atoms with E-state index in [4.69, 9.17) is 4.74 Å². The number of aromatic nitrogens is 3. The Bertz CT molecular complexity index is 786. The van der Waals surface area contributed by atoms with Crippen LogP contribution in [-0.2, 0) is 24.3 Å². The van der Waals surface area contributed by atoms with Gasteiger partial charge in [-0.1, -0.05) is 12.1 Å². The van der Waals surface area contributed by atoms with E-state index in [-0.39, 0.29) is 0 Å². The number of rotatable bonds is 3.